The summed E-state index contributed by atoms with van der Waals surface area (Å²) in [6, 6.07) is 0. The molecule has 2 fully saturated rings. The molecule has 1 saturated carbocycles. The lowest BCUT2D eigenvalue weighted by Crippen LogP contribution is -2.35. The maximum Gasteiger partial charge on any atom is 0.410 e. The first-order valence-electron chi connectivity index (χ1n) is 8.20. The number of carbonyl (C=O) groups is 1. The van der Waals surface area contributed by atoms with Crippen LogP contribution >= 0.6 is 0 Å². The van der Waals surface area contributed by atoms with Crippen LogP contribution in [0.15, 0.2) is 0 Å². The minimum absolute atomic E-state index is 0.116. The lowest BCUT2D eigenvalue weighted by molar-refractivity contribution is 0.0282. The number of amides is 1. The molecule has 3 nitrogen and oxygen atoms in total. The Morgan fingerprint density at radius 3 is 2.50 bits per heavy atom. The largest absolute Gasteiger partial charge is 0.444 e. The SMILES string of the molecule is CC(C)CCCC1CN(C(=O)OC(C)(C)C)CC12CC2. The molecular formula is C17H31NO2. The normalized spacial score (nSPS) is 24.5. The molecule has 116 valence electrons. The van der Waals surface area contributed by atoms with Crippen molar-refractivity contribution in [1.29, 1.82) is 0 Å². The Labute approximate surface area is 124 Å². The fourth-order valence-corrected chi connectivity index (χ4v) is 3.40. The summed E-state index contributed by atoms with van der Waals surface area (Å²) >= 11 is 0. The van der Waals surface area contributed by atoms with Gasteiger partial charge in [-0.05, 0) is 57.3 Å². The van der Waals surface area contributed by atoms with E-state index >= 15 is 0 Å². The van der Waals surface area contributed by atoms with Crippen LogP contribution in [0.2, 0.25) is 0 Å². The van der Waals surface area contributed by atoms with E-state index in [2.05, 4.69) is 13.8 Å². The summed E-state index contributed by atoms with van der Waals surface area (Å²) in [6.45, 7) is 12.2. The standard InChI is InChI=1S/C17H31NO2/c1-13(2)7-6-8-14-11-18(12-17(14)9-10-17)15(19)20-16(3,4)5/h13-14H,6-12H2,1-5H3. The van der Waals surface area contributed by atoms with Crippen LogP contribution in [-0.2, 0) is 4.74 Å². The van der Waals surface area contributed by atoms with E-state index in [1.807, 2.05) is 25.7 Å². The lowest BCUT2D eigenvalue weighted by Gasteiger charge is -2.24. The number of carbonyl (C=O) groups excluding carboxylic acids is 1. The van der Waals surface area contributed by atoms with Gasteiger partial charge in [-0.25, -0.2) is 4.79 Å². The molecule has 1 heterocycles. The molecule has 0 radical (unpaired) electrons. The second-order valence-corrected chi connectivity index (χ2v) is 8.24. The van der Waals surface area contributed by atoms with Gasteiger partial charge in [0.25, 0.3) is 0 Å². The summed E-state index contributed by atoms with van der Waals surface area (Å²) in [5.41, 5.74) is 0.0669. The molecule has 1 spiro atoms. The van der Waals surface area contributed by atoms with Crippen LogP contribution in [0, 0.1) is 17.3 Å². The van der Waals surface area contributed by atoms with E-state index in [4.69, 9.17) is 4.74 Å². The highest BCUT2D eigenvalue weighted by Gasteiger charge is 2.55. The highest BCUT2D eigenvalue weighted by Crippen LogP contribution is 2.57. The van der Waals surface area contributed by atoms with E-state index in [0.29, 0.717) is 11.3 Å². The molecule has 1 saturated heterocycles. The molecule has 1 unspecified atom stereocenters. The molecule has 2 aliphatic rings. The molecule has 2 rings (SSSR count). The van der Waals surface area contributed by atoms with Crippen LogP contribution < -0.4 is 0 Å². The van der Waals surface area contributed by atoms with Crippen LogP contribution in [0.4, 0.5) is 4.79 Å². The molecule has 3 heteroatoms. The summed E-state index contributed by atoms with van der Waals surface area (Å²) in [6.07, 6.45) is 6.37. The Kier molecular flexibility index (Phi) is 4.36. The van der Waals surface area contributed by atoms with Gasteiger partial charge in [0, 0.05) is 13.1 Å². The number of nitrogens with zero attached hydrogens (tertiary/aromatic N) is 1. The minimum Gasteiger partial charge on any atom is -0.444 e. The van der Waals surface area contributed by atoms with Crippen molar-refractivity contribution in [2.45, 2.75) is 72.3 Å². The molecule has 0 aromatic rings. The van der Waals surface area contributed by atoms with E-state index < -0.39 is 0 Å². The van der Waals surface area contributed by atoms with Gasteiger partial charge in [-0.1, -0.05) is 26.7 Å². The van der Waals surface area contributed by atoms with E-state index in [9.17, 15) is 4.79 Å². The Bertz CT molecular complexity index is 352. The summed E-state index contributed by atoms with van der Waals surface area (Å²) in [5, 5.41) is 0. The zero-order valence-electron chi connectivity index (χ0n) is 13.9. The van der Waals surface area contributed by atoms with Crippen molar-refractivity contribution >= 4 is 6.09 Å². The number of likely N-dealkylation sites (tertiary alicyclic amines) is 1. The minimum atomic E-state index is -0.385. The van der Waals surface area contributed by atoms with Crippen molar-refractivity contribution in [3.63, 3.8) is 0 Å². The van der Waals surface area contributed by atoms with Crippen LogP contribution in [0.1, 0.15) is 66.7 Å². The molecule has 1 aliphatic carbocycles. The molecule has 1 amide bonds. The molecular weight excluding hydrogens is 250 g/mol. The van der Waals surface area contributed by atoms with Crippen molar-refractivity contribution in [3.8, 4) is 0 Å². The highest BCUT2D eigenvalue weighted by molar-refractivity contribution is 5.68. The van der Waals surface area contributed by atoms with E-state index in [0.717, 1.165) is 19.0 Å². The van der Waals surface area contributed by atoms with E-state index in [-0.39, 0.29) is 11.7 Å². The van der Waals surface area contributed by atoms with Crippen LogP contribution in [-0.4, -0.2) is 29.7 Å². The van der Waals surface area contributed by atoms with Crippen molar-refractivity contribution in [1.82, 2.24) is 4.90 Å². The number of rotatable bonds is 4. The highest BCUT2D eigenvalue weighted by atomic mass is 16.6. The van der Waals surface area contributed by atoms with Gasteiger partial charge >= 0.3 is 6.09 Å². The van der Waals surface area contributed by atoms with Gasteiger partial charge < -0.3 is 9.64 Å². The van der Waals surface area contributed by atoms with Crippen LogP contribution in [0.5, 0.6) is 0 Å². The van der Waals surface area contributed by atoms with Crippen molar-refractivity contribution in [3.05, 3.63) is 0 Å². The molecule has 0 bridgehead atoms. The molecule has 20 heavy (non-hydrogen) atoms. The van der Waals surface area contributed by atoms with Gasteiger partial charge in [-0.2, -0.15) is 0 Å². The average molecular weight is 281 g/mol. The first kappa shape index (κ1) is 15.7. The van der Waals surface area contributed by atoms with Crippen molar-refractivity contribution < 1.29 is 9.53 Å². The van der Waals surface area contributed by atoms with Crippen LogP contribution in [0.25, 0.3) is 0 Å². The van der Waals surface area contributed by atoms with Crippen LogP contribution in [0.3, 0.4) is 0 Å². The number of hydrogen-bond donors (Lipinski definition) is 0. The van der Waals surface area contributed by atoms with Gasteiger partial charge in [0.05, 0.1) is 0 Å². The molecule has 1 aliphatic heterocycles. The van der Waals surface area contributed by atoms with E-state index in [1.54, 1.807) is 0 Å². The lowest BCUT2D eigenvalue weighted by atomic mass is 9.87. The van der Waals surface area contributed by atoms with Gasteiger partial charge in [-0.15, -0.1) is 0 Å². The van der Waals surface area contributed by atoms with Gasteiger partial charge in [-0.3, -0.25) is 0 Å². The third kappa shape index (κ3) is 3.89. The number of hydrogen-bond acceptors (Lipinski definition) is 2. The predicted octanol–water partition coefficient (Wildman–Crippen LogP) is 4.46. The third-order valence-electron chi connectivity index (χ3n) is 4.69. The van der Waals surface area contributed by atoms with Gasteiger partial charge in [0.15, 0.2) is 0 Å². The topological polar surface area (TPSA) is 29.5 Å². The fraction of sp³-hybridized carbons (Fsp3) is 0.941. The third-order valence-corrected chi connectivity index (χ3v) is 4.69. The monoisotopic (exact) mass is 281 g/mol. The zero-order chi connectivity index (χ0) is 15.0. The summed E-state index contributed by atoms with van der Waals surface area (Å²) < 4.78 is 5.52. The summed E-state index contributed by atoms with van der Waals surface area (Å²) in [5.74, 6) is 1.49. The van der Waals surface area contributed by atoms with E-state index in [1.165, 1.54) is 32.1 Å². The first-order chi connectivity index (χ1) is 9.22. The Morgan fingerprint density at radius 1 is 1.35 bits per heavy atom. The zero-order valence-corrected chi connectivity index (χ0v) is 13.9. The summed E-state index contributed by atoms with van der Waals surface area (Å²) in [4.78, 5) is 14.2. The van der Waals surface area contributed by atoms with Gasteiger partial charge in [0.1, 0.15) is 5.60 Å². The molecule has 0 aromatic heterocycles. The Balaban J connectivity index is 1.86. The number of ether oxygens (including phenoxy) is 1. The molecule has 0 aromatic carbocycles. The molecule has 1 atom stereocenters. The van der Waals surface area contributed by atoms with Crippen molar-refractivity contribution in [2.75, 3.05) is 13.1 Å². The quantitative estimate of drug-likeness (QED) is 0.761. The Morgan fingerprint density at radius 2 is 2.00 bits per heavy atom. The second-order valence-electron chi connectivity index (χ2n) is 8.24. The maximum atomic E-state index is 12.2. The first-order valence-corrected chi connectivity index (χ1v) is 8.20. The average Bonchev–Trinajstić information content (AvgIpc) is 2.94. The maximum absolute atomic E-state index is 12.2. The molecule has 0 N–H and O–H groups in total. The fourth-order valence-electron chi connectivity index (χ4n) is 3.40. The predicted molar refractivity (Wildman–Crippen MR) is 81.7 cm³/mol. The second kappa shape index (κ2) is 5.57. The summed E-state index contributed by atoms with van der Waals surface area (Å²) in [7, 11) is 0. The Hall–Kier alpha value is -0.730. The smallest absolute Gasteiger partial charge is 0.410 e. The van der Waals surface area contributed by atoms with Gasteiger partial charge in [0.2, 0.25) is 0 Å². The van der Waals surface area contributed by atoms with Crippen molar-refractivity contribution in [2.24, 2.45) is 17.3 Å².